The summed E-state index contributed by atoms with van der Waals surface area (Å²) >= 11 is 0. The summed E-state index contributed by atoms with van der Waals surface area (Å²) in [5.74, 6) is -0.464. The molecule has 0 aliphatic carbocycles. The molecule has 7 nitrogen and oxygen atoms in total. The first-order chi connectivity index (χ1) is 12.1. The monoisotopic (exact) mass is 345 g/mol. The quantitative estimate of drug-likeness (QED) is 0.658. The lowest BCUT2D eigenvalue weighted by molar-refractivity contribution is -0.131. The zero-order valence-electron chi connectivity index (χ0n) is 14.2. The topological polar surface area (TPSA) is 87.7 Å². The predicted octanol–water partition coefficient (Wildman–Crippen LogP) is 1.16. The Hall–Kier alpha value is -2.67. The van der Waals surface area contributed by atoms with Crippen molar-refractivity contribution < 1.29 is 19.1 Å². The fraction of sp³-hybridized carbons (Fsp3) is 0.389. The van der Waals surface area contributed by atoms with Crippen molar-refractivity contribution in [2.45, 2.75) is 18.9 Å². The average Bonchev–Trinajstić information content (AvgIpc) is 2.94. The molecule has 0 radical (unpaired) electrons. The van der Waals surface area contributed by atoms with Gasteiger partial charge in [-0.3, -0.25) is 14.9 Å². The van der Waals surface area contributed by atoms with E-state index in [0.29, 0.717) is 19.7 Å². The van der Waals surface area contributed by atoms with E-state index < -0.39 is 12.1 Å². The van der Waals surface area contributed by atoms with Gasteiger partial charge in [-0.1, -0.05) is 42.5 Å². The second-order valence-corrected chi connectivity index (χ2v) is 5.70. The van der Waals surface area contributed by atoms with Crippen LogP contribution >= 0.6 is 0 Å². The molecule has 1 aliphatic rings. The third-order valence-electron chi connectivity index (χ3n) is 3.86. The maximum absolute atomic E-state index is 12.4. The highest BCUT2D eigenvalue weighted by Gasteiger charge is 2.29. The summed E-state index contributed by atoms with van der Waals surface area (Å²) in [7, 11) is 1.58. The van der Waals surface area contributed by atoms with Gasteiger partial charge in [-0.05, 0) is 12.0 Å². The van der Waals surface area contributed by atoms with Crippen LogP contribution < -0.4 is 10.6 Å². The number of hydrogen-bond donors (Lipinski definition) is 2. The van der Waals surface area contributed by atoms with Gasteiger partial charge in [0.2, 0.25) is 5.91 Å². The Bertz CT molecular complexity index is 630. The van der Waals surface area contributed by atoms with Gasteiger partial charge in [-0.15, -0.1) is 0 Å². The van der Waals surface area contributed by atoms with E-state index in [1.807, 2.05) is 42.5 Å². The van der Waals surface area contributed by atoms with Gasteiger partial charge in [0.25, 0.3) is 5.91 Å². The number of methoxy groups -OCH3 is 1. The zero-order valence-corrected chi connectivity index (χ0v) is 14.2. The molecular weight excluding hydrogens is 322 g/mol. The number of rotatable bonds is 9. The Morgan fingerprint density at radius 1 is 1.28 bits per heavy atom. The molecule has 0 bridgehead atoms. The van der Waals surface area contributed by atoms with Crippen LogP contribution in [0.25, 0.3) is 6.08 Å². The minimum absolute atomic E-state index is 0.0799. The first kappa shape index (κ1) is 18.7. The molecule has 1 aromatic rings. The zero-order chi connectivity index (χ0) is 18.1. The highest BCUT2D eigenvalue weighted by Crippen LogP contribution is 2.07. The number of amides is 4. The lowest BCUT2D eigenvalue weighted by atomic mass is 10.1. The standard InChI is InChI=1S/C18H23N3O4/c1-25-13-12-21(11-5-8-14-6-3-2-4-7-14)16(22)10-9-15-17(23)20-18(24)19-15/h2-8,15H,9-13H2,1H3,(H2,19,20,23,24)/t15-/m0/s1. The van der Waals surface area contributed by atoms with Crippen molar-refractivity contribution in [3.05, 3.63) is 42.0 Å². The van der Waals surface area contributed by atoms with Crippen LogP contribution in [0.4, 0.5) is 4.79 Å². The van der Waals surface area contributed by atoms with Gasteiger partial charge in [-0.2, -0.15) is 0 Å². The molecule has 2 N–H and O–H groups in total. The summed E-state index contributed by atoms with van der Waals surface area (Å²) in [6.07, 6.45) is 4.34. The third-order valence-corrected chi connectivity index (χ3v) is 3.86. The van der Waals surface area contributed by atoms with Crippen LogP contribution in [0.3, 0.4) is 0 Å². The fourth-order valence-corrected chi connectivity index (χ4v) is 2.49. The van der Waals surface area contributed by atoms with Gasteiger partial charge in [-0.25, -0.2) is 4.79 Å². The molecule has 25 heavy (non-hydrogen) atoms. The molecule has 4 amide bonds. The van der Waals surface area contributed by atoms with E-state index in [-0.39, 0.29) is 24.7 Å². The minimum atomic E-state index is -0.638. The van der Waals surface area contributed by atoms with Crippen molar-refractivity contribution in [1.29, 1.82) is 0 Å². The van der Waals surface area contributed by atoms with E-state index in [2.05, 4.69) is 10.6 Å². The van der Waals surface area contributed by atoms with E-state index >= 15 is 0 Å². The molecular formula is C18H23N3O4. The smallest absolute Gasteiger partial charge is 0.322 e. The van der Waals surface area contributed by atoms with E-state index in [1.165, 1.54) is 0 Å². The van der Waals surface area contributed by atoms with Crippen molar-refractivity contribution in [1.82, 2.24) is 15.5 Å². The number of hydrogen-bond acceptors (Lipinski definition) is 4. The SMILES string of the molecule is COCCN(CC=Cc1ccccc1)C(=O)CC[C@@H]1NC(=O)NC1=O. The molecule has 0 aromatic heterocycles. The van der Waals surface area contributed by atoms with E-state index in [4.69, 9.17) is 4.74 Å². The number of carbonyl (C=O) groups excluding carboxylic acids is 3. The first-order valence-electron chi connectivity index (χ1n) is 8.20. The average molecular weight is 345 g/mol. The number of urea groups is 1. The Kier molecular flexibility index (Phi) is 7.16. The first-order valence-corrected chi connectivity index (χ1v) is 8.20. The number of ether oxygens (including phenoxy) is 1. The fourth-order valence-electron chi connectivity index (χ4n) is 2.49. The van der Waals surface area contributed by atoms with E-state index in [9.17, 15) is 14.4 Å². The minimum Gasteiger partial charge on any atom is -0.383 e. The molecule has 1 atom stereocenters. The molecule has 134 valence electrons. The molecule has 1 heterocycles. The molecule has 0 saturated carbocycles. The Morgan fingerprint density at radius 2 is 2.04 bits per heavy atom. The number of imide groups is 1. The van der Waals surface area contributed by atoms with Crippen molar-refractivity contribution in [3.63, 3.8) is 0 Å². The number of nitrogens with one attached hydrogen (secondary N) is 2. The van der Waals surface area contributed by atoms with E-state index in [0.717, 1.165) is 5.56 Å². The maximum Gasteiger partial charge on any atom is 0.322 e. The summed E-state index contributed by atoms with van der Waals surface area (Å²) in [6, 6.07) is 8.68. The summed E-state index contributed by atoms with van der Waals surface area (Å²) in [5.41, 5.74) is 1.06. The summed E-state index contributed by atoms with van der Waals surface area (Å²) in [4.78, 5) is 36.7. The summed E-state index contributed by atoms with van der Waals surface area (Å²) < 4.78 is 5.06. The van der Waals surface area contributed by atoms with Gasteiger partial charge in [0, 0.05) is 26.6 Å². The largest absolute Gasteiger partial charge is 0.383 e. The molecule has 0 unspecified atom stereocenters. The van der Waals surface area contributed by atoms with Gasteiger partial charge < -0.3 is 15.0 Å². The summed E-state index contributed by atoms with van der Waals surface area (Å²) in [6.45, 7) is 1.36. The normalized spacial score (nSPS) is 16.8. The molecule has 7 heteroatoms. The second-order valence-electron chi connectivity index (χ2n) is 5.70. The summed E-state index contributed by atoms with van der Waals surface area (Å²) in [5, 5.41) is 4.66. The van der Waals surface area contributed by atoms with Crippen LogP contribution in [0, 0.1) is 0 Å². The molecule has 0 spiro atoms. The van der Waals surface area contributed by atoms with Crippen LogP contribution in [0.2, 0.25) is 0 Å². The second kappa shape index (κ2) is 9.58. The predicted molar refractivity (Wildman–Crippen MR) is 93.6 cm³/mol. The van der Waals surface area contributed by atoms with Crippen LogP contribution in [0.5, 0.6) is 0 Å². The van der Waals surface area contributed by atoms with Gasteiger partial charge in [0.1, 0.15) is 6.04 Å². The highest BCUT2D eigenvalue weighted by molar-refractivity contribution is 6.04. The van der Waals surface area contributed by atoms with E-state index in [1.54, 1.807) is 12.0 Å². The Balaban J connectivity index is 1.86. The lowest BCUT2D eigenvalue weighted by Gasteiger charge is -2.21. The number of nitrogens with zero attached hydrogens (tertiary/aromatic N) is 1. The Labute approximate surface area is 147 Å². The molecule has 2 rings (SSSR count). The number of benzene rings is 1. The van der Waals surface area contributed by atoms with Gasteiger partial charge >= 0.3 is 6.03 Å². The Morgan fingerprint density at radius 3 is 2.68 bits per heavy atom. The van der Waals surface area contributed by atoms with Crippen LogP contribution in [0.15, 0.2) is 36.4 Å². The van der Waals surface area contributed by atoms with Crippen molar-refractivity contribution in [3.8, 4) is 0 Å². The highest BCUT2D eigenvalue weighted by atomic mass is 16.5. The van der Waals surface area contributed by atoms with Gasteiger partial charge in [0.05, 0.1) is 6.61 Å². The molecule has 1 aliphatic heterocycles. The van der Waals surface area contributed by atoms with Crippen LogP contribution in [0.1, 0.15) is 18.4 Å². The maximum atomic E-state index is 12.4. The molecule has 1 aromatic carbocycles. The van der Waals surface area contributed by atoms with Crippen molar-refractivity contribution in [2.75, 3.05) is 26.8 Å². The van der Waals surface area contributed by atoms with Crippen molar-refractivity contribution >= 4 is 23.9 Å². The molecule has 1 fully saturated rings. The third kappa shape index (κ3) is 6.04. The lowest BCUT2D eigenvalue weighted by Crippen LogP contribution is -2.36. The van der Waals surface area contributed by atoms with Crippen LogP contribution in [-0.2, 0) is 14.3 Å². The van der Waals surface area contributed by atoms with Gasteiger partial charge in [0.15, 0.2) is 0 Å². The van der Waals surface area contributed by atoms with Crippen LogP contribution in [-0.4, -0.2) is 55.6 Å². The molecule has 1 saturated heterocycles. The van der Waals surface area contributed by atoms with Crippen molar-refractivity contribution in [2.24, 2.45) is 0 Å². The number of carbonyl (C=O) groups is 3.